The van der Waals surface area contributed by atoms with Crippen molar-refractivity contribution in [3.8, 4) is 5.75 Å². The van der Waals surface area contributed by atoms with Crippen LogP contribution in [0.1, 0.15) is 20.8 Å². The van der Waals surface area contributed by atoms with Crippen LogP contribution in [0.25, 0.3) is 0 Å². The smallest absolute Gasteiger partial charge is 0.416 e. The molecule has 1 aromatic carbocycles. The fourth-order valence-corrected chi connectivity index (χ4v) is 2.41. The van der Waals surface area contributed by atoms with Gasteiger partial charge in [0.15, 0.2) is 0 Å². The quantitative estimate of drug-likeness (QED) is 0.797. The van der Waals surface area contributed by atoms with Gasteiger partial charge in [0, 0.05) is 5.56 Å². The summed E-state index contributed by atoms with van der Waals surface area (Å²) in [5.74, 6) is -0.106. The van der Waals surface area contributed by atoms with E-state index in [-0.39, 0.29) is 5.56 Å². The Kier molecular flexibility index (Phi) is 3.61. The number of ketones is 1. The molecular weight excluding hydrogens is 277 g/mol. The molecule has 0 unspecified atom stereocenters. The molecule has 0 radical (unpaired) electrons. The van der Waals surface area contributed by atoms with Gasteiger partial charge in [0.2, 0.25) is 5.78 Å². The third kappa shape index (κ3) is 2.78. The molecule has 0 aliphatic heterocycles. The van der Waals surface area contributed by atoms with Crippen LogP contribution in [-0.2, 0) is 6.18 Å². The Bertz CT molecular complexity index is 602. The van der Waals surface area contributed by atoms with E-state index in [0.717, 1.165) is 23.5 Å². The van der Waals surface area contributed by atoms with Gasteiger partial charge in [-0.25, -0.2) is 0 Å². The lowest BCUT2D eigenvalue weighted by Gasteiger charge is -2.08. The number of carbonyl (C=O) groups is 1. The molecule has 2 rings (SSSR count). The Hall–Kier alpha value is -1.82. The molecule has 2 nitrogen and oxygen atoms in total. The Morgan fingerprint density at radius 3 is 2.63 bits per heavy atom. The minimum atomic E-state index is -4.46. The van der Waals surface area contributed by atoms with E-state index in [1.54, 1.807) is 11.4 Å². The van der Waals surface area contributed by atoms with Crippen molar-refractivity contribution in [1.29, 1.82) is 0 Å². The van der Waals surface area contributed by atoms with E-state index in [1.165, 1.54) is 19.2 Å². The lowest BCUT2D eigenvalue weighted by atomic mass is 10.1. The number of hydrogen-bond acceptors (Lipinski definition) is 3. The lowest BCUT2D eigenvalue weighted by molar-refractivity contribution is -0.137. The zero-order chi connectivity index (χ0) is 14.0. The highest BCUT2D eigenvalue weighted by molar-refractivity contribution is 7.12. The zero-order valence-electron chi connectivity index (χ0n) is 9.82. The van der Waals surface area contributed by atoms with Crippen molar-refractivity contribution in [2.24, 2.45) is 0 Å². The summed E-state index contributed by atoms with van der Waals surface area (Å²) in [5.41, 5.74) is -0.843. The maximum atomic E-state index is 12.6. The monoisotopic (exact) mass is 286 g/mol. The van der Waals surface area contributed by atoms with Crippen molar-refractivity contribution in [1.82, 2.24) is 0 Å². The first-order valence-corrected chi connectivity index (χ1v) is 6.15. The van der Waals surface area contributed by atoms with E-state index >= 15 is 0 Å². The second kappa shape index (κ2) is 5.05. The number of thiophene rings is 1. The summed E-state index contributed by atoms with van der Waals surface area (Å²) in [7, 11) is 1.41. The maximum Gasteiger partial charge on any atom is 0.416 e. The second-order valence-electron chi connectivity index (χ2n) is 3.73. The summed E-state index contributed by atoms with van der Waals surface area (Å²) in [6, 6.07) is 5.96. The van der Waals surface area contributed by atoms with Gasteiger partial charge in [-0.05, 0) is 23.6 Å². The largest absolute Gasteiger partial charge is 0.495 e. The van der Waals surface area contributed by atoms with E-state index < -0.39 is 17.5 Å². The van der Waals surface area contributed by atoms with E-state index in [1.807, 2.05) is 0 Å². The van der Waals surface area contributed by atoms with Crippen LogP contribution < -0.4 is 4.74 Å². The first kappa shape index (κ1) is 13.6. The van der Waals surface area contributed by atoms with Gasteiger partial charge in [-0.15, -0.1) is 11.3 Å². The SMILES string of the molecule is COc1ccsc1C(=O)c1cccc(C(F)(F)F)c1. The van der Waals surface area contributed by atoms with E-state index in [2.05, 4.69) is 0 Å². The van der Waals surface area contributed by atoms with Crippen LogP contribution in [0.15, 0.2) is 35.7 Å². The molecule has 0 N–H and O–H groups in total. The molecular formula is C13H9F3O2S. The number of hydrogen-bond donors (Lipinski definition) is 0. The highest BCUT2D eigenvalue weighted by Crippen LogP contribution is 2.32. The van der Waals surface area contributed by atoms with Gasteiger partial charge < -0.3 is 4.74 Å². The molecule has 0 amide bonds. The number of alkyl halides is 3. The van der Waals surface area contributed by atoms with Gasteiger partial charge in [-0.1, -0.05) is 12.1 Å². The fraction of sp³-hybridized carbons (Fsp3) is 0.154. The molecule has 0 aliphatic rings. The van der Waals surface area contributed by atoms with Crippen LogP contribution in [0.2, 0.25) is 0 Å². The average molecular weight is 286 g/mol. The fourth-order valence-electron chi connectivity index (χ4n) is 1.59. The summed E-state index contributed by atoms with van der Waals surface area (Å²) in [4.78, 5) is 12.4. The summed E-state index contributed by atoms with van der Waals surface area (Å²) < 4.78 is 42.8. The van der Waals surface area contributed by atoms with Crippen LogP contribution in [0.3, 0.4) is 0 Å². The van der Waals surface area contributed by atoms with Gasteiger partial charge in [-0.2, -0.15) is 13.2 Å². The topological polar surface area (TPSA) is 26.3 Å². The van der Waals surface area contributed by atoms with Gasteiger partial charge in [0.25, 0.3) is 0 Å². The number of methoxy groups -OCH3 is 1. The molecule has 0 atom stereocenters. The highest BCUT2D eigenvalue weighted by atomic mass is 32.1. The van der Waals surface area contributed by atoms with Crippen molar-refractivity contribution in [2.45, 2.75) is 6.18 Å². The van der Waals surface area contributed by atoms with E-state index in [4.69, 9.17) is 4.74 Å². The molecule has 19 heavy (non-hydrogen) atoms. The molecule has 100 valence electrons. The Labute approximate surface area is 111 Å². The number of benzene rings is 1. The third-order valence-corrected chi connectivity index (χ3v) is 3.40. The molecule has 6 heteroatoms. The van der Waals surface area contributed by atoms with Crippen molar-refractivity contribution in [2.75, 3.05) is 7.11 Å². The number of carbonyl (C=O) groups excluding carboxylic acids is 1. The molecule has 0 aliphatic carbocycles. The summed E-state index contributed by atoms with van der Waals surface area (Å²) in [6.07, 6.45) is -4.46. The first-order chi connectivity index (χ1) is 8.93. The van der Waals surface area contributed by atoms with Crippen molar-refractivity contribution < 1.29 is 22.7 Å². The Morgan fingerprint density at radius 2 is 2.00 bits per heavy atom. The Morgan fingerprint density at radius 1 is 1.26 bits per heavy atom. The van der Waals surface area contributed by atoms with Crippen LogP contribution in [-0.4, -0.2) is 12.9 Å². The molecule has 0 spiro atoms. The van der Waals surface area contributed by atoms with Crippen molar-refractivity contribution >= 4 is 17.1 Å². The minimum Gasteiger partial charge on any atom is -0.495 e. The molecule has 1 aromatic heterocycles. The molecule has 0 saturated heterocycles. The van der Waals surface area contributed by atoms with Gasteiger partial charge in [-0.3, -0.25) is 4.79 Å². The predicted molar refractivity (Wildman–Crippen MR) is 65.7 cm³/mol. The Balaban J connectivity index is 2.40. The number of rotatable bonds is 3. The van der Waals surface area contributed by atoms with Crippen LogP contribution in [0, 0.1) is 0 Å². The third-order valence-electron chi connectivity index (χ3n) is 2.51. The summed E-state index contributed by atoms with van der Waals surface area (Å²) >= 11 is 1.13. The molecule has 0 bridgehead atoms. The first-order valence-electron chi connectivity index (χ1n) is 5.27. The lowest BCUT2D eigenvalue weighted by Crippen LogP contribution is -2.07. The van der Waals surface area contributed by atoms with E-state index in [0.29, 0.717) is 10.6 Å². The van der Waals surface area contributed by atoms with E-state index in [9.17, 15) is 18.0 Å². The number of halogens is 3. The molecule has 0 fully saturated rings. The van der Waals surface area contributed by atoms with Crippen LogP contribution in [0.5, 0.6) is 5.75 Å². The minimum absolute atomic E-state index is 0.00410. The van der Waals surface area contributed by atoms with Crippen LogP contribution in [0.4, 0.5) is 13.2 Å². The molecule has 0 saturated carbocycles. The van der Waals surface area contributed by atoms with Gasteiger partial charge >= 0.3 is 6.18 Å². The van der Waals surface area contributed by atoms with Gasteiger partial charge in [0.05, 0.1) is 12.7 Å². The summed E-state index contributed by atoms with van der Waals surface area (Å²) in [5, 5.41) is 1.65. The zero-order valence-corrected chi connectivity index (χ0v) is 10.6. The predicted octanol–water partition coefficient (Wildman–Crippen LogP) is 4.01. The van der Waals surface area contributed by atoms with Gasteiger partial charge in [0.1, 0.15) is 10.6 Å². The average Bonchev–Trinajstić information content (AvgIpc) is 2.85. The van der Waals surface area contributed by atoms with Crippen LogP contribution >= 0.6 is 11.3 Å². The standard InChI is InChI=1S/C13H9F3O2S/c1-18-10-5-6-19-12(10)11(17)8-3-2-4-9(7-8)13(14,15)16/h2-7H,1H3. The normalized spacial score (nSPS) is 11.4. The molecule has 1 heterocycles. The highest BCUT2D eigenvalue weighted by Gasteiger charge is 2.31. The maximum absolute atomic E-state index is 12.6. The van der Waals surface area contributed by atoms with Crippen molar-refractivity contribution in [3.63, 3.8) is 0 Å². The summed E-state index contributed by atoms with van der Waals surface area (Å²) in [6.45, 7) is 0. The van der Waals surface area contributed by atoms with Crippen molar-refractivity contribution in [3.05, 3.63) is 51.7 Å². The second-order valence-corrected chi connectivity index (χ2v) is 4.64. The molecule has 2 aromatic rings. The number of ether oxygens (including phenoxy) is 1.